The molecule has 0 saturated heterocycles. The predicted molar refractivity (Wildman–Crippen MR) is 58.4 cm³/mol. The molecule has 1 amide bonds. The summed E-state index contributed by atoms with van der Waals surface area (Å²) in [5.74, 6) is 0. The van der Waals surface area contributed by atoms with Gasteiger partial charge in [0, 0.05) is 12.6 Å². The van der Waals surface area contributed by atoms with Crippen molar-refractivity contribution in [3.8, 4) is 0 Å². The van der Waals surface area contributed by atoms with E-state index in [0.717, 1.165) is 5.56 Å². The molecule has 1 unspecified atom stereocenters. The molecule has 15 heavy (non-hydrogen) atoms. The van der Waals surface area contributed by atoms with E-state index in [0.29, 0.717) is 6.54 Å². The van der Waals surface area contributed by atoms with E-state index in [1.54, 1.807) is 6.92 Å². The normalized spacial score (nSPS) is 12.1. The van der Waals surface area contributed by atoms with Crippen LogP contribution in [0.15, 0.2) is 30.3 Å². The molecule has 0 fully saturated rings. The number of benzene rings is 1. The summed E-state index contributed by atoms with van der Waals surface area (Å²) in [6.45, 7) is 4.15. The zero-order valence-corrected chi connectivity index (χ0v) is 8.97. The summed E-state index contributed by atoms with van der Waals surface area (Å²) in [4.78, 5) is 10.8. The fourth-order valence-electron chi connectivity index (χ4n) is 1.33. The second-order valence-electron chi connectivity index (χ2n) is 3.29. The summed E-state index contributed by atoms with van der Waals surface area (Å²) in [6.07, 6.45) is -0.958. The number of hydrazine groups is 1. The fraction of sp³-hybridized carbons (Fsp3) is 0.364. The number of nitrogens with one attached hydrogen (secondary N) is 1. The van der Waals surface area contributed by atoms with Crippen molar-refractivity contribution in [1.29, 1.82) is 0 Å². The number of amides is 1. The maximum absolute atomic E-state index is 10.8. The highest BCUT2D eigenvalue weighted by atomic mass is 16.4. The summed E-state index contributed by atoms with van der Waals surface area (Å²) in [7, 11) is 0. The molecule has 0 aliphatic rings. The summed E-state index contributed by atoms with van der Waals surface area (Å²) >= 11 is 0. The van der Waals surface area contributed by atoms with Crippen molar-refractivity contribution >= 4 is 6.09 Å². The molecular formula is C11H16N2O2. The lowest BCUT2D eigenvalue weighted by Gasteiger charge is -2.23. The van der Waals surface area contributed by atoms with E-state index in [2.05, 4.69) is 5.43 Å². The first-order valence-corrected chi connectivity index (χ1v) is 4.96. The molecule has 0 bridgehead atoms. The Bertz CT molecular complexity index is 314. The van der Waals surface area contributed by atoms with Crippen LogP contribution in [0.3, 0.4) is 0 Å². The van der Waals surface area contributed by atoms with Crippen LogP contribution in [0.1, 0.15) is 25.5 Å². The van der Waals surface area contributed by atoms with Crippen molar-refractivity contribution in [2.75, 3.05) is 6.54 Å². The average Bonchev–Trinajstić information content (AvgIpc) is 2.26. The van der Waals surface area contributed by atoms with Crippen molar-refractivity contribution in [2.45, 2.75) is 19.9 Å². The Labute approximate surface area is 89.5 Å². The highest BCUT2D eigenvalue weighted by Gasteiger charge is 2.13. The lowest BCUT2D eigenvalue weighted by Crippen LogP contribution is -2.43. The predicted octanol–water partition coefficient (Wildman–Crippen LogP) is 2.25. The van der Waals surface area contributed by atoms with Crippen LogP contribution >= 0.6 is 0 Å². The maximum atomic E-state index is 10.8. The minimum Gasteiger partial charge on any atom is -0.464 e. The molecule has 0 aromatic heterocycles. The van der Waals surface area contributed by atoms with E-state index in [-0.39, 0.29) is 6.04 Å². The number of rotatable bonds is 4. The number of nitrogens with zero attached hydrogens (tertiary/aromatic N) is 1. The molecule has 4 nitrogen and oxygen atoms in total. The summed E-state index contributed by atoms with van der Waals surface area (Å²) in [5, 5.41) is 10.0. The quantitative estimate of drug-likeness (QED) is 0.746. The third-order valence-electron chi connectivity index (χ3n) is 2.20. The van der Waals surface area contributed by atoms with Crippen LogP contribution in [0, 0.1) is 0 Å². The van der Waals surface area contributed by atoms with Crippen molar-refractivity contribution in [3.63, 3.8) is 0 Å². The molecule has 82 valence electrons. The van der Waals surface area contributed by atoms with Gasteiger partial charge in [0.25, 0.3) is 0 Å². The molecule has 1 aromatic carbocycles. The van der Waals surface area contributed by atoms with Crippen molar-refractivity contribution in [1.82, 2.24) is 10.4 Å². The van der Waals surface area contributed by atoms with Crippen LogP contribution in [-0.2, 0) is 0 Å². The van der Waals surface area contributed by atoms with Crippen LogP contribution in [0.5, 0.6) is 0 Å². The molecule has 1 aromatic rings. The lowest BCUT2D eigenvalue weighted by atomic mass is 10.1. The Morgan fingerprint density at radius 1 is 1.47 bits per heavy atom. The molecule has 0 saturated carbocycles. The molecular weight excluding hydrogens is 192 g/mol. The third kappa shape index (κ3) is 3.25. The third-order valence-corrected chi connectivity index (χ3v) is 2.20. The zero-order chi connectivity index (χ0) is 11.3. The number of carboxylic acid groups (broad SMARTS) is 1. The van der Waals surface area contributed by atoms with E-state index in [1.165, 1.54) is 5.01 Å². The first kappa shape index (κ1) is 11.5. The highest BCUT2D eigenvalue weighted by molar-refractivity contribution is 5.64. The van der Waals surface area contributed by atoms with Crippen molar-refractivity contribution in [2.24, 2.45) is 0 Å². The van der Waals surface area contributed by atoms with Gasteiger partial charge in [0.15, 0.2) is 0 Å². The van der Waals surface area contributed by atoms with Gasteiger partial charge in [-0.2, -0.15) is 0 Å². The van der Waals surface area contributed by atoms with Gasteiger partial charge in [0.05, 0.1) is 0 Å². The van der Waals surface area contributed by atoms with Gasteiger partial charge in [0.1, 0.15) is 0 Å². The minimum absolute atomic E-state index is 0.0118. The Morgan fingerprint density at radius 2 is 2.07 bits per heavy atom. The monoisotopic (exact) mass is 208 g/mol. The van der Waals surface area contributed by atoms with Gasteiger partial charge in [-0.3, -0.25) is 0 Å². The summed E-state index contributed by atoms with van der Waals surface area (Å²) < 4.78 is 0. The average molecular weight is 208 g/mol. The minimum atomic E-state index is -0.958. The molecule has 0 radical (unpaired) electrons. The van der Waals surface area contributed by atoms with Crippen LogP contribution in [0.25, 0.3) is 0 Å². The zero-order valence-electron chi connectivity index (χ0n) is 8.97. The second-order valence-corrected chi connectivity index (χ2v) is 3.29. The SMILES string of the molecule is CCN(NC(C)c1ccccc1)C(=O)O. The molecule has 0 heterocycles. The Hall–Kier alpha value is -1.55. The summed E-state index contributed by atoms with van der Waals surface area (Å²) in [5.41, 5.74) is 3.98. The van der Waals surface area contributed by atoms with E-state index >= 15 is 0 Å². The molecule has 4 heteroatoms. The van der Waals surface area contributed by atoms with Crippen molar-refractivity contribution in [3.05, 3.63) is 35.9 Å². The van der Waals surface area contributed by atoms with Gasteiger partial charge in [-0.05, 0) is 19.4 Å². The van der Waals surface area contributed by atoms with E-state index < -0.39 is 6.09 Å². The highest BCUT2D eigenvalue weighted by Crippen LogP contribution is 2.11. The fourth-order valence-corrected chi connectivity index (χ4v) is 1.33. The smallest absolute Gasteiger partial charge is 0.421 e. The molecule has 1 rings (SSSR count). The van der Waals surface area contributed by atoms with E-state index in [1.807, 2.05) is 37.3 Å². The van der Waals surface area contributed by atoms with Crippen molar-refractivity contribution < 1.29 is 9.90 Å². The Balaban J connectivity index is 2.62. The largest absolute Gasteiger partial charge is 0.464 e. The van der Waals surface area contributed by atoms with Crippen LogP contribution < -0.4 is 5.43 Å². The molecule has 0 spiro atoms. The lowest BCUT2D eigenvalue weighted by molar-refractivity contribution is 0.114. The second kappa shape index (κ2) is 5.36. The number of hydrogen-bond acceptors (Lipinski definition) is 2. The first-order chi connectivity index (χ1) is 7.15. The van der Waals surface area contributed by atoms with E-state index in [4.69, 9.17) is 5.11 Å². The molecule has 1 atom stereocenters. The standard InChI is InChI=1S/C11H16N2O2/c1-3-13(11(14)15)12-9(2)10-7-5-4-6-8-10/h4-9,12H,3H2,1-2H3,(H,14,15). The first-order valence-electron chi connectivity index (χ1n) is 4.96. The van der Waals surface area contributed by atoms with Crippen LogP contribution in [-0.4, -0.2) is 22.8 Å². The molecule has 0 aliphatic carbocycles. The maximum Gasteiger partial charge on any atom is 0.421 e. The van der Waals surface area contributed by atoms with Gasteiger partial charge < -0.3 is 5.11 Å². The van der Waals surface area contributed by atoms with Gasteiger partial charge in [-0.15, -0.1) is 0 Å². The van der Waals surface area contributed by atoms with Gasteiger partial charge >= 0.3 is 6.09 Å². The molecule has 0 aliphatic heterocycles. The Morgan fingerprint density at radius 3 is 2.53 bits per heavy atom. The van der Waals surface area contributed by atoms with Gasteiger partial charge in [-0.25, -0.2) is 15.2 Å². The van der Waals surface area contributed by atoms with Crippen LogP contribution in [0.2, 0.25) is 0 Å². The van der Waals surface area contributed by atoms with Gasteiger partial charge in [-0.1, -0.05) is 30.3 Å². The number of hydrogen-bond donors (Lipinski definition) is 2. The summed E-state index contributed by atoms with van der Waals surface area (Å²) in [6, 6.07) is 9.73. The van der Waals surface area contributed by atoms with E-state index in [9.17, 15) is 4.79 Å². The number of carbonyl (C=O) groups is 1. The van der Waals surface area contributed by atoms with Gasteiger partial charge in [0.2, 0.25) is 0 Å². The topological polar surface area (TPSA) is 52.6 Å². The Kier molecular flexibility index (Phi) is 4.12. The van der Waals surface area contributed by atoms with Crippen LogP contribution in [0.4, 0.5) is 4.79 Å². The molecule has 2 N–H and O–H groups in total.